The van der Waals surface area contributed by atoms with Crippen LogP contribution in [0.3, 0.4) is 0 Å². The SMILES string of the molecule is C=Nc1cc2c(cc1N=CC)OC[C@H](NC(=O)OC(C)(C)C)C(=O)N2C. The van der Waals surface area contributed by atoms with E-state index in [1.807, 2.05) is 0 Å². The van der Waals surface area contributed by atoms with Gasteiger partial charge in [0, 0.05) is 19.3 Å². The molecule has 8 nitrogen and oxygen atoms in total. The van der Waals surface area contributed by atoms with Crippen molar-refractivity contribution in [2.45, 2.75) is 39.3 Å². The lowest BCUT2D eigenvalue weighted by atomic mass is 10.2. The maximum Gasteiger partial charge on any atom is 0.408 e. The van der Waals surface area contributed by atoms with Gasteiger partial charge in [0.05, 0.1) is 17.1 Å². The molecule has 1 heterocycles. The molecule has 140 valence electrons. The van der Waals surface area contributed by atoms with Gasteiger partial charge >= 0.3 is 6.09 Å². The molecule has 1 aromatic carbocycles. The number of hydrogen-bond acceptors (Lipinski definition) is 6. The summed E-state index contributed by atoms with van der Waals surface area (Å²) in [4.78, 5) is 34.3. The minimum absolute atomic E-state index is 0.0223. The van der Waals surface area contributed by atoms with Gasteiger partial charge < -0.3 is 19.7 Å². The molecule has 8 heteroatoms. The number of nitrogens with zero attached hydrogens (tertiary/aromatic N) is 3. The Kier molecular flexibility index (Phi) is 5.64. The zero-order chi connectivity index (χ0) is 19.5. The summed E-state index contributed by atoms with van der Waals surface area (Å²) in [6.45, 7) is 10.6. The number of carbonyl (C=O) groups excluding carboxylic acids is 2. The van der Waals surface area contributed by atoms with Gasteiger partial charge in [-0.1, -0.05) is 0 Å². The Morgan fingerprint density at radius 3 is 2.69 bits per heavy atom. The highest BCUT2D eigenvalue weighted by atomic mass is 16.6. The third kappa shape index (κ3) is 4.38. The molecule has 0 aromatic heterocycles. The van der Waals surface area contributed by atoms with E-state index in [4.69, 9.17) is 9.47 Å². The van der Waals surface area contributed by atoms with Crippen LogP contribution in [0.2, 0.25) is 0 Å². The second-order valence-electron chi connectivity index (χ2n) is 6.76. The maximum absolute atomic E-state index is 12.7. The van der Waals surface area contributed by atoms with Crippen LogP contribution in [0.25, 0.3) is 0 Å². The van der Waals surface area contributed by atoms with Crippen LogP contribution in [-0.2, 0) is 9.53 Å². The summed E-state index contributed by atoms with van der Waals surface area (Å²) in [7, 11) is 1.61. The van der Waals surface area contributed by atoms with Crippen LogP contribution in [0.15, 0.2) is 22.1 Å². The van der Waals surface area contributed by atoms with Crippen LogP contribution in [0.1, 0.15) is 27.7 Å². The topological polar surface area (TPSA) is 92.6 Å². The van der Waals surface area contributed by atoms with E-state index in [9.17, 15) is 9.59 Å². The Labute approximate surface area is 152 Å². The Morgan fingerprint density at radius 2 is 2.12 bits per heavy atom. The van der Waals surface area contributed by atoms with E-state index in [-0.39, 0.29) is 12.5 Å². The molecule has 0 bridgehead atoms. The second-order valence-corrected chi connectivity index (χ2v) is 6.76. The average molecular weight is 360 g/mol. The van der Waals surface area contributed by atoms with Gasteiger partial charge in [-0.2, -0.15) is 0 Å². The van der Waals surface area contributed by atoms with Crippen molar-refractivity contribution in [1.82, 2.24) is 5.32 Å². The molecule has 0 saturated carbocycles. The minimum Gasteiger partial charge on any atom is -0.489 e. The first kappa shape index (κ1) is 19.4. The monoisotopic (exact) mass is 360 g/mol. The molecule has 2 rings (SSSR count). The second kappa shape index (κ2) is 7.55. The molecule has 0 spiro atoms. The third-order valence-electron chi connectivity index (χ3n) is 3.58. The summed E-state index contributed by atoms with van der Waals surface area (Å²) in [5, 5.41) is 2.56. The highest BCUT2D eigenvalue weighted by molar-refractivity contribution is 6.01. The molecular formula is C18H24N4O4. The Balaban J connectivity index is 2.29. The van der Waals surface area contributed by atoms with Gasteiger partial charge in [-0.05, 0) is 40.5 Å². The van der Waals surface area contributed by atoms with Crippen molar-refractivity contribution in [3.8, 4) is 5.75 Å². The van der Waals surface area contributed by atoms with Crippen LogP contribution in [-0.4, -0.2) is 50.2 Å². The van der Waals surface area contributed by atoms with Crippen molar-refractivity contribution >= 4 is 42.0 Å². The van der Waals surface area contributed by atoms with E-state index in [0.29, 0.717) is 22.8 Å². The molecule has 2 amide bonds. The third-order valence-corrected chi connectivity index (χ3v) is 3.58. The zero-order valence-electron chi connectivity index (χ0n) is 15.7. The van der Waals surface area contributed by atoms with Gasteiger partial charge in [0.2, 0.25) is 0 Å². The highest BCUT2D eigenvalue weighted by Gasteiger charge is 2.32. The number of likely N-dealkylation sites (N-methyl/N-ethyl adjacent to an activating group) is 1. The number of aliphatic imine (C=N–C) groups is 2. The van der Waals surface area contributed by atoms with Gasteiger partial charge in [0.1, 0.15) is 24.0 Å². The Bertz CT molecular complexity index is 752. The van der Waals surface area contributed by atoms with E-state index in [1.165, 1.54) is 4.90 Å². The number of fused-ring (bicyclic) bond motifs is 1. The molecule has 1 aliphatic heterocycles. The maximum atomic E-state index is 12.7. The summed E-state index contributed by atoms with van der Waals surface area (Å²) < 4.78 is 11.0. The Morgan fingerprint density at radius 1 is 1.42 bits per heavy atom. The van der Waals surface area contributed by atoms with Crippen molar-refractivity contribution in [3.05, 3.63) is 12.1 Å². The van der Waals surface area contributed by atoms with E-state index in [2.05, 4.69) is 22.0 Å². The molecule has 26 heavy (non-hydrogen) atoms. The summed E-state index contributed by atoms with van der Waals surface area (Å²) >= 11 is 0. The number of alkyl carbamates (subject to hydrolysis) is 1. The fourth-order valence-electron chi connectivity index (χ4n) is 2.44. The van der Waals surface area contributed by atoms with Crippen LogP contribution >= 0.6 is 0 Å². The van der Waals surface area contributed by atoms with Crippen LogP contribution < -0.4 is 15.0 Å². The first-order chi connectivity index (χ1) is 12.2. The van der Waals surface area contributed by atoms with E-state index >= 15 is 0 Å². The van der Waals surface area contributed by atoms with Gasteiger partial charge in [-0.25, -0.2) is 4.79 Å². The van der Waals surface area contributed by atoms with Gasteiger partial charge in [0.15, 0.2) is 0 Å². The fourth-order valence-corrected chi connectivity index (χ4v) is 2.44. The molecule has 1 aliphatic rings. The van der Waals surface area contributed by atoms with Crippen LogP contribution in [0.5, 0.6) is 5.75 Å². The van der Waals surface area contributed by atoms with Crippen molar-refractivity contribution in [2.24, 2.45) is 9.98 Å². The van der Waals surface area contributed by atoms with Crippen molar-refractivity contribution in [1.29, 1.82) is 0 Å². The van der Waals surface area contributed by atoms with Gasteiger partial charge in [0.25, 0.3) is 5.91 Å². The molecule has 0 saturated heterocycles. The smallest absolute Gasteiger partial charge is 0.408 e. The molecule has 0 unspecified atom stereocenters. The molecule has 1 N–H and O–H groups in total. The molecular weight excluding hydrogens is 336 g/mol. The molecule has 1 aromatic rings. The van der Waals surface area contributed by atoms with Gasteiger partial charge in [-0.3, -0.25) is 14.8 Å². The van der Waals surface area contributed by atoms with Crippen molar-refractivity contribution < 1.29 is 19.1 Å². The predicted octanol–water partition coefficient (Wildman–Crippen LogP) is 2.99. The predicted molar refractivity (Wildman–Crippen MR) is 102 cm³/mol. The largest absolute Gasteiger partial charge is 0.489 e. The van der Waals surface area contributed by atoms with Crippen LogP contribution in [0, 0.1) is 0 Å². The molecule has 0 aliphatic carbocycles. The van der Waals surface area contributed by atoms with E-state index in [1.54, 1.807) is 53.1 Å². The minimum atomic E-state index is -0.875. The standard InChI is InChI=1S/C18H24N4O4/c1-7-20-12-9-15-14(8-11(12)19-5)22(6)16(23)13(10-25-15)21-17(24)26-18(2,3)4/h7-9,13H,5,10H2,1-4,6H3,(H,21,24)/t13-/m0/s1. The van der Waals surface area contributed by atoms with Crippen LogP contribution in [0.4, 0.5) is 21.9 Å². The fraction of sp³-hybridized carbons (Fsp3) is 0.444. The molecule has 1 atom stereocenters. The summed E-state index contributed by atoms with van der Waals surface area (Å²) in [6.07, 6.45) is 0.956. The molecule has 0 radical (unpaired) electrons. The van der Waals surface area contributed by atoms with Gasteiger partial charge in [-0.15, -0.1) is 0 Å². The lowest BCUT2D eigenvalue weighted by molar-refractivity contribution is -0.120. The van der Waals surface area contributed by atoms with Crippen molar-refractivity contribution in [2.75, 3.05) is 18.6 Å². The van der Waals surface area contributed by atoms with E-state index in [0.717, 1.165) is 0 Å². The number of benzene rings is 1. The number of anilines is 1. The number of carbonyl (C=O) groups is 2. The molecule has 0 fully saturated rings. The highest BCUT2D eigenvalue weighted by Crippen LogP contribution is 2.40. The average Bonchev–Trinajstić information content (AvgIpc) is 2.65. The summed E-state index contributed by atoms with van der Waals surface area (Å²) in [5.74, 6) is 0.152. The quantitative estimate of drug-likeness (QED) is 0.839. The summed E-state index contributed by atoms with van der Waals surface area (Å²) in [5.41, 5.74) is 0.982. The zero-order valence-corrected chi connectivity index (χ0v) is 15.7. The lowest BCUT2D eigenvalue weighted by Gasteiger charge is -2.23. The first-order valence-electron chi connectivity index (χ1n) is 8.19. The lowest BCUT2D eigenvalue weighted by Crippen LogP contribution is -2.50. The van der Waals surface area contributed by atoms with Crippen molar-refractivity contribution in [3.63, 3.8) is 0 Å². The number of ether oxygens (including phenoxy) is 2. The Hall–Kier alpha value is -2.90. The summed E-state index contributed by atoms with van der Waals surface area (Å²) in [6, 6.07) is 2.50. The first-order valence-corrected chi connectivity index (χ1v) is 8.19. The number of nitrogens with one attached hydrogen (secondary N) is 1. The number of amides is 2. The normalized spacial score (nSPS) is 17.3. The number of hydrogen-bond donors (Lipinski definition) is 1. The van der Waals surface area contributed by atoms with E-state index < -0.39 is 17.7 Å². The number of rotatable bonds is 3.